The first-order valence-electron chi connectivity index (χ1n) is 5.73. The number of hydrogen-bond donors (Lipinski definition) is 2. The molecular weight excluding hydrogens is 200 g/mol. The molecule has 1 atom stereocenters. The van der Waals surface area contributed by atoms with E-state index in [1.165, 1.54) is 0 Å². The first-order valence-corrected chi connectivity index (χ1v) is 5.73. The molecule has 2 N–H and O–H groups in total. The summed E-state index contributed by atoms with van der Waals surface area (Å²) in [5.41, 5.74) is 3.08. The van der Waals surface area contributed by atoms with Crippen LogP contribution in [0.3, 0.4) is 0 Å². The van der Waals surface area contributed by atoms with Crippen LogP contribution in [0.4, 0.5) is 11.4 Å². The summed E-state index contributed by atoms with van der Waals surface area (Å²) in [7, 11) is 0. The number of rotatable bonds is 1. The van der Waals surface area contributed by atoms with Crippen LogP contribution < -0.4 is 10.6 Å². The van der Waals surface area contributed by atoms with E-state index in [0.29, 0.717) is 12.3 Å². The molecule has 3 heteroatoms. The summed E-state index contributed by atoms with van der Waals surface area (Å²) in [6.45, 7) is 6.28. The van der Waals surface area contributed by atoms with Crippen LogP contribution in [0.15, 0.2) is 18.2 Å². The summed E-state index contributed by atoms with van der Waals surface area (Å²) >= 11 is 0. The van der Waals surface area contributed by atoms with Gasteiger partial charge in [-0.3, -0.25) is 4.79 Å². The van der Waals surface area contributed by atoms with Crippen molar-refractivity contribution in [2.75, 3.05) is 10.6 Å². The average Bonchev–Trinajstić information content (AvgIpc) is 2.35. The van der Waals surface area contributed by atoms with Crippen LogP contribution >= 0.6 is 0 Å². The largest absolute Gasteiger partial charge is 0.380 e. The lowest BCUT2D eigenvalue weighted by atomic mass is 10.0. The molecule has 86 valence electrons. The number of hydrogen-bond acceptors (Lipinski definition) is 2. The highest BCUT2D eigenvalue weighted by Crippen LogP contribution is 2.28. The van der Waals surface area contributed by atoms with Gasteiger partial charge >= 0.3 is 0 Å². The van der Waals surface area contributed by atoms with Gasteiger partial charge in [0.25, 0.3) is 0 Å². The highest BCUT2D eigenvalue weighted by molar-refractivity contribution is 5.96. The Kier molecular flexibility index (Phi) is 2.86. The topological polar surface area (TPSA) is 41.1 Å². The molecule has 16 heavy (non-hydrogen) atoms. The molecule has 0 aliphatic carbocycles. The van der Waals surface area contributed by atoms with Gasteiger partial charge in [0.05, 0.1) is 11.4 Å². The molecule has 1 heterocycles. The Morgan fingerprint density at radius 1 is 1.31 bits per heavy atom. The molecule has 0 bridgehead atoms. The van der Waals surface area contributed by atoms with Gasteiger partial charge < -0.3 is 10.6 Å². The molecule has 2 rings (SSSR count). The summed E-state index contributed by atoms with van der Waals surface area (Å²) in [4.78, 5) is 11.7. The minimum absolute atomic E-state index is 0.0931. The third-order valence-electron chi connectivity index (χ3n) is 3.00. The number of nitrogens with one attached hydrogen (secondary N) is 2. The Labute approximate surface area is 96.2 Å². The monoisotopic (exact) mass is 218 g/mol. The van der Waals surface area contributed by atoms with E-state index in [1.54, 1.807) is 0 Å². The molecule has 3 nitrogen and oxygen atoms in total. The lowest BCUT2D eigenvalue weighted by molar-refractivity contribution is -0.116. The Hall–Kier alpha value is -1.51. The van der Waals surface area contributed by atoms with Gasteiger partial charge in [-0.2, -0.15) is 0 Å². The zero-order valence-electron chi connectivity index (χ0n) is 10.0. The van der Waals surface area contributed by atoms with Gasteiger partial charge in [-0.1, -0.05) is 19.9 Å². The zero-order valence-corrected chi connectivity index (χ0v) is 10.0. The lowest BCUT2D eigenvalue weighted by Gasteiger charge is -2.20. The fourth-order valence-corrected chi connectivity index (χ4v) is 1.94. The molecule has 1 amide bonds. The molecule has 0 saturated carbocycles. The zero-order chi connectivity index (χ0) is 11.7. The minimum atomic E-state index is 0.0931. The molecule has 0 spiro atoms. The molecule has 1 aliphatic heterocycles. The number of carbonyl (C=O) groups excluding carboxylic acids is 1. The van der Waals surface area contributed by atoms with Gasteiger partial charge in [0.2, 0.25) is 5.91 Å². The van der Waals surface area contributed by atoms with E-state index in [2.05, 4.69) is 30.5 Å². The highest BCUT2D eigenvalue weighted by Gasteiger charge is 2.22. The van der Waals surface area contributed by atoms with E-state index in [4.69, 9.17) is 0 Å². The van der Waals surface area contributed by atoms with Crippen molar-refractivity contribution in [2.45, 2.75) is 33.2 Å². The van der Waals surface area contributed by atoms with Crippen LogP contribution in [0.1, 0.15) is 25.8 Å². The standard InChI is InChI=1S/C13H18N2O/c1-8(2)11-7-13(16)15-12-6-9(3)4-5-10(12)14-11/h4-6,8,11,14H,7H2,1-3H3,(H,15,16). The maximum atomic E-state index is 11.7. The Morgan fingerprint density at radius 2 is 2.06 bits per heavy atom. The second kappa shape index (κ2) is 4.16. The molecule has 0 fully saturated rings. The first kappa shape index (κ1) is 11.0. The second-order valence-electron chi connectivity index (χ2n) is 4.80. The SMILES string of the molecule is Cc1ccc2c(c1)NC(=O)CC(C(C)C)N2. The number of aryl methyl sites for hydroxylation is 1. The van der Waals surface area contributed by atoms with Crippen molar-refractivity contribution < 1.29 is 4.79 Å². The van der Waals surface area contributed by atoms with Gasteiger partial charge in [-0.15, -0.1) is 0 Å². The molecular formula is C13H18N2O. The molecule has 0 aromatic heterocycles. The Morgan fingerprint density at radius 3 is 2.75 bits per heavy atom. The van der Waals surface area contributed by atoms with E-state index in [-0.39, 0.29) is 11.9 Å². The van der Waals surface area contributed by atoms with Gasteiger partial charge in [0.15, 0.2) is 0 Å². The van der Waals surface area contributed by atoms with E-state index in [0.717, 1.165) is 16.9 Å². The Bertz CT molecular complexity index is 412. The number of amides is 1. The Balaban J connectivity index is 2.35. The molecule has 0 saturated heterocycles. The summed E-state index contributed by atoms with van der Waals surface area (Å²) in [5, 5.41) is 6.38. The second-order valence-corrected chi connectivity index (χ2v) is 4.80. The molecule has 0 radical (unpaired) electrons. The van der Waals surface area contributed by atoms with Crippen LogP contribution in [0.2, 0.25) is 0 Å². The fourth-order valence-electron chi connectivity index (χ4n) is 1.94. The van der Waals surface area contributed by atoms with Crippen LogP contribution in [0, 0.1) is 12.8 Å². The number of fused-ring (bicyclic) bond motifs is 1. The number of benzene rings is 1. The summed E-state index contributed by atoms with van der Waals surface area (Å²) in [6, 6.07) is 6.30. The molecule has 1 unspecified atom stereocenters. The van der Waals surface area contributed by atoms with Crippen molar-refractivity contribution in [1.82, 2.24) is 0 Å². The number of carbonyl (C=O) groups is 1. The van der Waals surface area contributed by atoms with Gasteiger partial charge in [-0.05, 0) is 30.5 Å². The normalized spacial score (nSPS) is 19.8. The van der Waals surface area contributed by atoms with E-state index in [1.807, 2.05) is 19.1 Å². The molecule has 1 aromatic carbocycles. The van der Waals surface area contributed by atoms with Crippen molar-refractivity contribution in [2.24, 2.45) is 5.92 Å². The minimum Gasteiger partial charge on any atom is -0.380 e. The number of anilines is 2. The average molecular weight is 218 g/mol. The van der Waals surface area contributed by atoms with Crippen LogP contribution in [0.25, 0.3) is 0 Å². The van der Waals surface area contributed by atoms with Gasteiger partial charge in [0.1, 0.15) is 0 Å². The predicted octanol–water partition coefficient (Wildman–Crippen LogP) is 2.77. The van der Waals surface area contributed by atoms with Crippen molar-refractivity contribution >= 4 is 17.3 Å². The maximum Gasteiger partial charge on any atom is 0.226 e. The maximum absolute atomic E-state index is 11.7. The predicted molar refractivity (Wildman–Crippen MR) is 66.7 cm³/mol. The van der Waals surface area contributed by atoms with E-state index in [9.17, 15) is 4.79 Å². The van der Waals surface area contributed by atoms with Crippen molar-refractivity contribution in [3.05, 3.63) is 23.8 Å². The van der Waals surface area contributed by atoms with Crippen molar-refractivity contribution in [3.8, 4) is 0 Å². The molecule has 1 aliphatic rings. The van der Waals surface area contributed by atoms with Crippen LogP contribution in [-0.4, -0.2) is 11.9 Å². The van der Waals surface area contributed by atoms with Gasteiger partial charge in [0, 0.05) is 12.5 Å². The summed E-state index contributed by atoms with van der Waals surface area (Å²) < 4.78 is 0. The quantitative estimate of drug-likeness (QED) is 0.761. The van der Waals surface area contributed by atoms with E-state index >= 15 is 0 Å². The van der Waals surface area contributed by atoms with Crippen molar-refractivity contribution in [3.63, 3.8) is 0 Å². The summed E-state index contributed by atoms with van der Waals surface area (Å²) in [6.07, 6.45) is 0.533. The van der Waals surface area contributed by atoms with Crippen LogP contribution in [-0.2, 0) is 4.79 Å². The van der Waals surface area contributed by atoms with E-state index < -0.39 is 0 Å². The molecule has 1 aromatic rings. The fraction of sp³-hybridized carbons (Fsp3) is 0.462. The third-order valence-corrected chi connectivity index (χ3v) is 3.00. The van der Waals surface area contributed by atoms with Crippen LogP contribution in [0.5, 0.6) is 0 Å². The van der Waals surface area contributed by atoms with Crippen molar-refractivity contribution in [1.29, 1.82) is 0 Å². The third kappa shape index (κ3) is 2.18. The summed E-state index contributed by atoms with van der Waals surface area (Å²) in [5.74, 6) is 0.536. The van der Waals surface area contributed by atoms with Gasteiger partial charge in [-0.25, -0.2) is 0 Å². The first-order chi connectivity index (χ1) is 7.56. The smallest absolute Gasteiger partial charge is 0.226 e. The lowest BCUT2D eigenvalue weighted by Crippen LogP contribution is -2.27. The highest BCUT2D eigenvalue weighted by atomic mass is 16.1.